The Kier molecular flexibility index (Phi) is 4.22. The Morgan fingerprint density at radius 2 is 1.92 bits per heavy atom. The van der Waals surface area contributed by atoms with Crippen LogP contribution in [0.1, 0.15) is 6.92 Å². The second-order valence-electron chi connectivity index (χ2n) is 5.77. The number of hydrogen-bond donors (Lipinski definition) is 0. The van der Waals surface area contributed by atoms with Crippen molar-refractivity contribution in [2.24, 2.45) is 0 Å². The number of halogens is 1. The van der Waals surface area contributed by atoms with Crippen molar-refractivity contribution in [3.05, 3.63) is 82.5 Å². The Labute approximate surface area is 155 Å². The molecule has 0 radical (unpaired) electrons. The van der Waals surface area contributed by atoms with Crippen molar-refractivity contribution >= 4 is 17.2 Å². The van der Waals surface area contributed by atoms with Crippen molar-refractivity contribution in [3.63, 3.8) is 0 Å². The lowest BCUT2D eigenvalue weighted by Gasteiger charge is -2.07. The summed E-state index contributed by atoms with van der Waals surface area (Å²) in [6.45, 7) is 2.54. The topological polar surface area (TPSA) is 48.5 Å². The summed E-state index contributed by atoms with van der Waals surface area (Å²) in [5, 5.41) is 0.631. The van der Waals surface area contributed by atoms with Crippen molar-refractivity contribution in [1.82, 2.24) is 14.0 Å². The van der Waals surface area contributed by atoms with Gasteiger partial charge in [-0.15, -0.1) is 0 Å². The average molecular weight is 366 g/mol. The molecule has 6 heteroatoms. The van der Waals surface area contributed by atoms with E-state index in [9.17, 15) is 4.79 Å². The Hall–Kier alpha value is -3.05. The lowest BCUT2D eigenvalue weighted by atomic mass is 10.2. The highest BCUT2D eigenvalue weighted by Gasteiger charge is 2.10. The molecule has 0 saturated carbocycles. The van der Waals surface area contributed by atoms with Crippen LogP contribution in [0.15, 0.2) is 71.9 Å². The van der Waals surface area contributed by atoms with Crippen LogP contribution in [0.25, 0.3) is 22.6 Å². The first kappa shape index (κ1) is 16.4. The summed E-state index contributed by atoms with van der Waals surface area (Å²) in [6, 6.07) is 14.8. The van der Waals surface area contributed by atoms with Crippen LogP contribution in [-0.2, 0) is 0 Å². The van der Waals surface area contributed by atoms with Crippen LogP contribution in [0.3, 0.4) is 0 Å². The second kappa shape index (κ2) is 6.69. The fourth-order valence-electron chi connectivity index (χ4n) is 2.84. The Morgan fingerprint density at radius 1 is 1.12 bits per heavy atom. The molecule has 0 bridgehead atoms. The molecule has 0 spiro atoms. The minimum Gasteiger partial charge on any atom is -0.494 e. The van der Waals surface area contributed by atoms with E-state index in [0.29, 0.717) is 23.0 Å². The summed E-state index contributed by atoms with van der Waals surface area (Å²) in [5.41, 5.74) is 2.50. The molecule has 2 heterocycles. The van der Waals surface area contributed by atoms with Gasteiger partial charge in [-0.2, -0.15) is 0 Å². The highest BCUT2D eigenvalue weighted by atomic mass is 35.5. The number of benzene rings is 2. The summed E-state index contributed by atoms with van der Waals surface area (Å²) >= 11 is 6.05. The minimum atomic E-state index is -0.190. The summed E-state index contributed by atoms with van der Waals surface area (Å²) < 4.78 is 8.74. The zero-order chi connectivity index (χ0) is 18.1. The molecule has 5 nitrogen and oxygen atoms in total. The van der Waals surface area contributed by atoms with Crippen LogP contribution in [0.2, 0.25) is 5.02 Å². The maximum Gasteiger partial charge on any atom is 0.298 e. The van der Waals surface area contributed by atoms with E-state index in [1.807, 2.05) is 61.8 Å². The van der Waals surface area contributed by atoms with E-state index in [4.69, 9.17) is 16.3 Å². The van der Waals surface area contributed by atoms with E-state index in [0.717, 1.165) is 17.0 Å². The molecule has 0 aliphatic heterocycles. The van der Waals surface area contributed by atoms with E-state index in [2.05, 4.69) is 4.98 Å². The number of imidazole rings is 1. The molecule has 4 aromatic rings. The van der Waals surface area contributed by atoms with Crippen LogP contribution < -0.4 is 10.3 Å². The van der Waals surface area contributed by atoms with Gasteiger partial charge in [0.2, 0.25) is 5.65 Å². The van der Waals surface area contributed by atoms with Gasteiger partial charge < -0.3 is 9.14 Å². The third kappa shape index (κ3) is 2.97. The van der Waals surface area contributed by atoms with E-state index in [1.54, 1.807) is 21.2 Å². The van der Waals surface area contributed by atoms with E-state index in [1.165, 1.54) is 0 Å². The van der Waals surface area contributed by atoms with E-state index in [-0.39, 0.29) is 5.56 Å². The summed E-state index contributed by atoms with van der Waals surface area (Å²) in [4.78, 5) is 17.4. The first-order valence-electron chi connectivity index (χ1n) is 8.25. The van der Waals surface area contributed by atoms with Gasteiger partial charge in [0.1, 0.15) is 5.75 Å². The molecule has 0 fully saturated rings. The van der Waals surface area contributed by atoms with Gasteiger partial charge in [-0.1, -0.05) is 23.7 Å². The van der Waals surface area contributed by atoms with Crippen molar-refractivity contribution in [2.75, 3.05) is 6.61 Å². The van der Waals surface area contributed by atoms with Gasteiger partial charge >= 0.3 is 0 Å². The summed E-state index contributed by atoms with van der Waals surface area (Å²) in [6.07, 6.45) is 5.37. The smallest absolute Gasteiger partial charge is 0.298 e. The Balaban J connectivity index is 1.78. The van der Waals surface area contributed by atoms with Gasteiger partial charge in [0, 0.05) is 34.9 Å². The molecule has 4 rings (SSSR count). The second-order valence-corrected chi connectivity index (χ2v) is 6.20. The number of hydrogen-bond acceptors (Lipinski definition) is 3. The van der Waals surface area contributed by atoms with Gasteiger partial charge in [0.05, 0.1) is 12.3 Å². The number of fused-ring (bicyclic) bond motifs is 1. The van der Waals surface area contributed by atoms with Gasteiger partial charge in [0.25, 0.3) is 5.56 Å². The van der Waals surface area contributed by atoms with Crippen molar-refractivity contribution < 1.29 is 4.74 Å². The van der Waals surface area contributed by atoms with Crippen molar-refractivity contribution in [2.45, 2.75) is 6.92 Å². The number of ether oxygens (including phenoxy) is 1. The lowest BCUT2D eigenvalue weighted by Crippen LogP contribution is -2.19. The molecule has 2 aromatic carbocycles. The Morgan fingerprint density at radius 3 is 2.65 bits per heavy atom. The number of rotatable bonds is 4. The van der Waals surface area contributed by atoms with Crippen molar-refractivity contribution in [3.8, 4) is 22.7 Å². The highest BCUT2D eigenvalue weighted by molar-refractivity contribution is 6.30. The molecule has 130 valence electrons. The molecular weight excluding hydrogens is 350 g/mol. The Bertz CT molecular complexity index is 1130. The molecule has 0 amide bonds. The van der Waals surface area contributed by atoms with Crippen LogP contribution in [0.4, 0.5) is 0 Å². The largest absolute Gasteiger partial charge is 0.494 e. The first-order valence-corrected chi connectivity index (χ1v) is 8.63. The molecule has 26 heavy (non-hydrogen) atoms. The summed E-state index contributed by atoms with van der Waals surface area (Å²) in [7, 11) is 0. The standard InChI is InChI=1S/C20H16ClN3O2/c1-2-26-17-8-6-16(7-9-17)24-11-10-23-13-18(22-19(23)20(24)25)14-4-3-5-15(21)12-14/h3-13H,2H2,1H3. The lowest BCUT2D eigenvalue weighted by molar-refractivity contribution is 0.340. The van der Waals surface area contributed by atoms with Gasteiger partial charge in [-0.05, 0) is 43.3 Å². The molecule has 0 atom stereocenters. The van der Waals surface area contributed by atoms with E-state index < -0.39 is 0 Å². The predicted molar refractivity (Wildman–Crippen MR) is 102 cm³/mol. The first-order chi connectivity index (χ1) is 12.7. The van der Waals surface area contributed by atoms with Crippen LogP contribution >= 0.6 is 11.6 Å². The molecule has 0 aliphatic carbocycles. The minimum absolute atomic E-state index is 0.190. The molecule has 0 unspecified atom stereocenters. The zero-order valence-corrected chi connectivity index (χ0v) is 14.8. The number of nitrogens with zero attached hydrogens (tertiary/aromatic N) is 3. The molecule has 0 N–H and O–H groups in total. The quantitative estimate of drug-likeness (QED) is 0.544. The zero-order valence-electron chi connectivity index (χ0n) is 14.1. The van der Waals surface area contributed by atoms with Gasteiger partial charge in [0.15, 0.2) is 0 Å². The fraction of sp³-hybridized carbons (Fsp3) is 0.100. The summed E-state index contributed by atoms with van der Waals surface area (Å²) in [5.74, 6) is 0.773. The number of aromatic nitrogens is 3. The van der Waals surface area contributed by atoms with Crippen LogP contribution in [-0.4, -0.2) is 20.6 Å². The van der Waals surface area contributed by atoms with Crippen molar-refractivity contribution in [1.29, 1.82) is 0 Å². The average Bonchev–Trinajstić information content (AvgIpc) is 3.09. The van der Waals surface area contributed by atoms with Crippen LogP contribution in [0, 0.1) is 0 Å². The van der Waals surface area contributed by atoms with Gasteiger partial charge in [-0.25, -0.2) is 4.98 Å². The fourth-order valence-corrected chi connectivity index (χ4v) is 3.03. The SMILES string of the molecule is CCOc1ccc(-n2ccn3cc(-c4cccc(Cl)c4)nc3c2=O)cc1. The molecule has 0 saturated heterocycles. The third-order valence-corrected chi connectivity index (χ3v) is 4.30. The van der Waals surface area contributed by atoms with Gasteiger partial charge in [-0.3, -0.25) is 9.36 Å². The maximum atomic E-state index is 12.9. The van der Waals surface area contributed by atoms with Crippen LogP contribution in [0.5, 0.6) is 5.75 Å². The monoisotopic (exact) mass is 365 g/mol. The highest BCUT2D eigenvalue weighted by Crippen LogP contribution is 2.22. The maximum absolute atomic E-state index is 12.9. The third-order valence-electron chi connectivity index (χ3n) is 4.06. The van der Waals surface area contributed by atoms with E-state index >= 15 is 0 Å². The molecule has 0 aliphatic rings. The predicted octanol–water partition coefficient (Wildman–Crippen LogP) is 4.20. The molecular formula is C20H16ClN3O2. The molecule has 2 aromatic heterocycles. The normalized spacial score (nSPS) is 11.0.